The normalized spacial score (nSPS) is 18.7. The fourth-order valence-corrected chi connectivity index (χ4v) is 5.74. The Kier molecular flexibility index (Phi) is 7.24. The number of carbonyl (C=O) groups excluding carboxylic acids is 1. The zero-order valence-corrected chi connectivity index (χ0v) is 17.3. The van der Waals surface area contributed by atoms with Gasteiger partial charge in [-0.25, -0.2) is 8.42 Å². The van der Waals surface area contributed by atoms with Crippen molar-refractivity contribution < 1.29 is 13.2 Å². The van der Waals surface area contributed by atoms with E-state index in [4.69, 9.17) is 0 Å². The van der Waals surface area contributed by atoms with Crippen LogP contribution in [-0.2, 0) is 14.8 Å². The van der Waals surface area contributed by atoms with E-state index in [9.17, 15) is 13.2 Å². The maximum atomic E-state index is 13.2. The molecule has 1 heterocycles. The molecule has 2 rings (SSSR count). The van der Waals surface area contributed by atoms with Crippen LogP contribution < -0.4 is 5.32 Å². The van der Waals surface area contributed by atoms with Gasteiger partial charge in [-0.3, -0.25) is 4.79 Å². The van der Waals surface area contributed by atoms with Gasteiger partial charge in [-0.1, -0.05) is 37.5 Å². The largest absolute Gasteiger partial charge is 0.356 e. The van der Waals surface area contributed by atoms with Gasteiger partial charge in [0.15, 0.2) is 0 Å². The number of benzene rings is 1. The van der Waals surface area contributed by atoms with E-state index in [1.54, 1.807) is 0 Å². The molecule has 1 amide bonds. The molecule has 1 atom stereocenters. The van der Waals surface area contributed by atoms with E-state index in [0.29, 0.717) is 18.0 Å². The van der Waals surface area contributed by atoms with Crippen LogP contribution in [0.25, 0.3) is 0 Å². The fourth-order valence-electron chi connectivity index (χ4n) is 3.81. The fraction of sp³-hybridized carbons (Fsp3) is 0.650. The van der Waals surface area contributed by atoms with Crippen LogP contribution in [0.4, 0.5) is 0 Å². The Labute approximate surface area is 158 Å². The summed E-state index contributed by atoms with van der Waals surface area (Å²) in [5.41, 5.74) is 2.60. The maximum absolute atomic E-state index is 13.2. The minimum absolute atomic E-state index is 0.0154. The monoisotopic (exact) mass is 380 g/mol. The first-order chi connectivity index (χ1) is 12.3. The minimum atomic E-state index is -3.58. The molecule has 0 unspecified atom stereocenters. The molecular weight excluding hydrogens is 348 g/mol. The predicted molar refractivity (Wildman–Crippen MR) is 105 cm³/mol. The topological polar surface area (TPSA) is 66.5 Å². The van der Waals surface area contributed by atoms with Gasteiger partial charge in [0.2, 0.25) is 15.9 Å². The van der Waals surface area contributed by atoms with Crippen molar-refractivity contribution >= 4 is 15.9 Å². The Morgan fingerprint density at radius 3 is 2.46 bits per heavy atom. The number of nitrogens with zero attached hydrogens (tertiary/aromatic N) is 1. The number of piperidine rings is 1. The summed E-state index contributed by atoms with van der Waals surface area (Å²) in [6, 6.07) is 3.81. The van der Waals surface area contributed by atoms with Crippen molar-refractivity contribution in [3.63, 3.8) is 0 Å². The zero-order chi connectivity index (χ0) is 19.3. The number of hydrogen-bond acceptors (Lipinski definition) is 3. The van der Waals surface area contributed by atoms with Crippen LogP contribution in [-0.4, -0.2) is 38.3 Å². The molecule has 1 saturated heterocycles. The molecule has 1 aliphatic heterocycles. The van der Waals surface area contributed by atoms with Crippen molar-refractivity contribution in [2.75, 3.05) is 19.6 Å². The quantitative estimate of drug-likeness (QED) is 0.738. The lowest BCUT2D eigenvalue weighted by molar-refractivity contribution is -0.126. The van der Waals surface area contributed by atoms with Crippen molar-refractivity contribution in [3.8, 4) is 0 Å². The first kappa shape index (κ1) is 20.9. The molecule has 0 radical (unpaired) electrons. The second kappa shape index (κ2) is 9.00. The number of rotatable bonds is 7. The molecule has 1 N–H and O–H groups in total. The van der Waals surface area contributed by atoms with Gasteiger partial charge in [-0.05, 0) is 51.2 Å². The van der Waals surface area contributed by atoms with Gasteiger partial charge < -0.3 is 5.32 Å². The summed E-state index contributed by atoms with van der Waals surface area (Å²) in [7, 11) is -3.58. The molecule has 146 valence electrons. The van der Waals surface area contributed by atoms with Crippen molar-refractivity contribution in [1.29, 1.82) is 0 Å². The SMILES string of the molecule is CCCCCNC(=O)[C@H]1CCCN(S(=O)(=O)c2c(C)cc(C)cc2C)C1. The standard InChI is InChI=1S/C20H32N2O3S/c1-5-6-7-10-21-20(23)18-9-8-11-22(14-18)26(24,25)19-16(3)12-15(2)13-17(19)4/h12-13,18H,5-11,14H2,1-4H3,(H,21,23)/t18-/m0/s1. The van der Waals surface area contributed by atoms with Crippen LogP contribution >= 0.6 is 0 Å². The summed E-state index contributed by atoms with van der Waals surface area (Å²) in [4.78, 5) is 12.8. The summed E-state index contributed by atoms with van der Waals surface area (Å²) in [6.07, 6.45) is 4.64. The third kappa shape index (κ3) is 4.86. The summed E-state index contributed by atoms with van der Waals surface area (Å²) < 4.78 is 27.9. The van der Waals surface area contributed by atoms with Crippen LogP contribution in [0.3, 0.4) is 0 Å². The van der Waals surface area contributed by atoms with Crippen LogP contribution in [0.5, 0.6) is 0 Å². The molecule has 1 aromatic carbocycles. The Morgan fingerprint density at radius 2 is 1.85 bits per heavy atom. The van der Waals surface area contributed by atoms with E-state index in [2.05, 4.69) is 12.2 Å². The third-order valence-corrected chi connectivity index (χ3v) is 7.21. The average Bonchev–Trinajstić information content (AvgIpc) is 2.57. The van der Waals surface area contributed by atoms with E-state index in [-0.39, 0.29) is 18.4 Å². The number of aryl methyl sites for hydroxylation is 3. The molecule has 26 heavy (non-hydrogen) atoms. The highest BCUT2D eigenvalue weighted by Crippen LogP contribution is 2.28. The molecular formula is C20H32N2O3S. The second-order valence-electron chi connectivity index (χ2n) is 7.43. The van der Waals surface area contributed by atoms with Gasteiger partial charge >= 0.3 is 0 Å². The molecule has 5 nitrogen and oxygen atoms in total. The lowest BCUT2D eigenvalue weighted by Gasteiger charge is -2.32. The lowest BCUT2D eigenvalue weighted by atomic mass is 9.99. The lowest BCUT2D eigenvalue weighted by Crippen LogP contribution is -2.45. The highest BCUT2D eigenvalue weighted by molar-refractivity contribution is 7.89. The summed E-state index contributed by atoms with van der Waals surface area (Å²) in [5, 5.41) is 2.97. The van der Waals surface area contributed by atoms with E-state index in [1.165, 1.54) is 4.31 Å². The Hall–Kier alpha value is -1.40. The van der Waals surface area contributed by atoms with Crippen molar-refractivity contribution in [1.82, 2.24) is 9.62 Å². The van der Waals surface area contributed by atoms with Gasteiger partial charge in [0.05, 0.1) is 10.8 Å². The Bertz CT molecular complexity index is 720. The number of unbranched alkanes of at least 4 members (excludes halogenated alkanes) is 2. The smallest absolute Gasteiger partial charge is 0.243 e. The van der Waals surface area contributed by atoms with E-state index in [1.807, 2.05) is 32.9 Å². The van der Waals surface area contributed by atoms with Crippen LogP contribution in [0, 0.1) is 26.7 Å². The number of carbonyl (C=O) groups is 1. The molecule has 0 aliphatic carbocycles. The second-order valence-corrected chi connectivity index (χ2v) is 9.30. The predicted octanol–water partition coefficient (Wildman–Crippen LogP) is 3.32. The molecule has 1 aromatic rings. The molecule has 0 bridgehead atoms. The molecule has 0 saturated carbocycles. The number of nitrogens with one attached hydrogen (secondary N) is 1. The molecule has 1 aliphatic rings. The van der Waals surface area contributed by atoms with Crippen molar-refractivity contribution in [3.05, 3.63) is 28.8 Å². The number of hydrogen-bond donors (Lipinski definition) is 1. The van der Waals surface area contributed by atoms with Gasteiger partial charge in [0, 0.05) is 19.6 Å². The highest BCUT2D eigenvalue weighted by Gasteiger charge is 2.34. The maximum Gasteiger partial charge on any atom is 0.243 e. The first-order valence-corrected chi connectivity index (χ1v) is 11.1. The summed E-state index contributed by atoms with van der Waals surface area (Å²) in [6.45, 7) is 9.20. The molecule has 0 spiro atoms. The number of amides is 1. The summed E-state index contributed by atoms with van der Waals surface area (Å²) in [5.74, 6) is -0.274. The van der Waals surface area contributed by atoms with Gasteiger partial charge in [0.1, 0.15) is 0 Å². The first-order valence-electron chi connectivity index (χ1n) is 9.63. The van der Waals surface area contributed by atoms with Gasteiger partial charge in [-0.15, -0.1) is 0 Å². The molecule has 1 fully saturated rings. The zero-order valence-electron chi connectivity index (χ0n) is 16.5. The third-order valence-electron chi connectivity index (χ3n) is 5.04. The number of sulfonamides is 1. The van der Waals surface area contributed by atoms with Crippen LogP contribution in [0.15, 0.2) is 17.0 Å². The van der Waals surface area contributed by atoms with Crippen molar-refractivity contribution in [2.24, 2.45) is 5.92 Å². The van der Waals surface area contributed by atoms with Crippen LogP contribution in [0.1, 0.15) is 55.7 Å². The molecule has 6 heteroatoms. The van der Waals surface area contributed by atoms with E-state index in [0.717, 1.165) is 48.8 Å². The average molecular weight is 381 g/mol. The van der Waals surface area contributed by atoms with E-state index < -0.39 is 10.0 Å². The molecule has 0 aromatic heterocycles. The van der Waals surface area contributed by atoms with E-state index >= 15 is 0 Å². The highest BCUT2D eigenvalue weighted by atomic mass is 32.2. The van der Waals surface area contributed by atoms with Gasteiger partial charge in [0.25, 0.3) is 0 Å². The van der Waals surface area contributed by atoms with Crippen LogP contribution in [0.2, 0.25) is 0 Å². The summed E-state index contributed by atoms with van der Waals surface area (Å²) >= 11 is 0. The Balaban J connectivity index is 2.12. The van der Waals surface area contributed by atoms with Crippen molar-refractivity contribution in [2.45, 2.75) is 64.7 Å². The Morgan fingerprint density at radius 1 is 1.19 bits per heavy atom. The minimum Gasteiger partial charge on any atom is -0.356 e. The van der Waals surface area contributed by atoms with Gasteiger partial charge in [-0.2, -0.15) is 4.31 Å².